The quantitative estimate of drug-likeness (QED) is 0.722. The Bertz CT molecular complexity index is 596. The molecular formula is C17H20INO2. The first-order valence-corrected chi connectivity index (χ1v) is 8.01. The Kier molecular flexibility index (Phi) is 5.73. The van der Waals surface area contributed by atoms with Crippen molar-refractivity contribution in [3.8, 4) is 11.5 Å². The second kappa shape index (κ2) is 7.54. The van der Waals surface area contributed by atoms with Gasteiger partial charge < -0.3 is 14.8 Å². The first kappa shape index (κ1) is 15.9. The first-order chi connectivity index (χ1) is 10.1. The topological polar surface area (TPSA) is 30.5 Å². The van der Waals surface area contributed by atoms with Gasteiger partial charge in [0.2, 0.25) is 0 Å². The third-order valence-electron chi connectivity index (χ3n) is 3.13. The molecule has 0 atom stereocenters. The van der Waals surface area contributed by atoms with Crippen LogP contribution in [0.15, 0.2) is 36.4 Å². The molecule has 0 aliphatic carbocycles. The summed E-state index contributed by atoms with van der Waals surface area (Å²) in [4.78, 5) is 0. The number of aryl methyl sites for hydroxylation is 1. The minimum Gasteiger partial charge on any atom is -0.493 e. The van der Waals surface area contributed by atoms with Crippen LogP contribution in [0.5, 0.6) is 11.5 Å². The highest BCUT2D eigenvalue weighted by atomic mass is 127. The molecule has 0 unspecified atom stereocenters. The van der Waals surface area contributed by atoms with E-state index in [0.29, 0.717) is 6.61 Å². The minimum atomic E-state index is 0.632. The molecule has 0 heterocycles. The Balaban J connectivity index is 2.13. The van der Waals surface area contributed by atoms with E-state index in [2.05, 4.69) is 65.2 Å². The first-order valence-electron chi connectivity index (χ1n) is 6.93. The monoisotopic (exact) mass is 397 g/mol. The third-order valence-corrected chi connectivity index (χ3v) is 3.93. The van der Waals surface area contributed by atoms with E-state index in [-0.39, 0.29) is 0 Å². The Morgan fingerprint density at radius 1 is 1.14 bits per heavy atom. The van der Waals surface area contributed by atoms with Gasteiger partial charge in [0.1, 0.15) is 0 Å². The summed E-state index contributed by atoms with van der Waals surface area (Å²) in [7, 11) is 1.67. The van der Waals surface area contributed by atoms with Gasteiger partial charge in [-0.05, 0) is 66.3 Å². The molecule has 0 aliphatic heterocycles. The smallest absolute Gasteiger partial charge is 0.174 e. The lowest BCUT2D eigenvalue weighted by Gasteiger charge is -2.14. The van der Waals surface area contributed by atoms with E-state index in [1.165, 1.54) is 11.1 Å². The van der Waals surface area contributed by atoms with Crippen molar-refractivity contribution in [1.82, 2.24) is 0 Å². The Morgan fingerprint density at radius 3 is 2.48 bits per heavy atom. The van der Waals surface area contributed by atoms with Crippen molar-refractivity contribution >= 4 is 28.3 Å². The highest BCUT2D eigenvalue weighted by Crippen LogP contribution is 2.34. The summed E-state index contributed by atoms with van der Waals surface area (Å²) in [5, 5.41) is 3.42. The molecule has 21 heavy (non-hydrogen) atoms. The predicted octanol–water partition coefficient (Wildman–Crippen LogP) is 4.62. The molecule has 0 aromatic heterocycles. The average Bonchev–Trinajstić information content (AvgIpc) is 2.49. The van der Waals surface area contributed by atoms with Crippen LogP contribution in [-0.4, -0.2) is 13.7 Å². The van der Waals surface area contributed by atoms with Gasteiger partial charge in [-0.3, -0.25) is 0 Å². The molecular weight excluding hydrogens is 377 g/mol. The summed E-state index contributed by atoms with van der Waals surface area (Å²) in [6.45, 7) is 5.45. The molecule has 0 fully saturated rings. The van der Waals surface area contributed by atoms with Crippen LogP contribution in [0.4, 0.5) is 5.69 Å². The molecule has 3 nitrogen and oxygen atoms in total. The predicted molar refractivity (Wildman–Crippen MR) is 95.4 cm³/mol. The van der Waals surface area contributed by atoms with Crippen LogP contribution >= 0.6 is 22.6 Å². The summed E-state index contributed by atoms with van der Waals surface area (Å²) in [6.07, 6.45) is 0. The fourth-order valence-corrected chi connectivity index (χ4v) is 2.86. The molecule has 0 amide bonds. The van der Waals surface area contributed by atoms with Crippen molar-refractivity contribution in [2.24, 2.45) is 0 Å². The van der Waals surface area contributed by atoms with E-state index < -0.39 is 0 Å². The largest absolute Gasteiger partial charge is 0.493 e. The molecule has 0 radical (unpaired) electrons. The SMILES string of the molecule is CCOc1c(I)cc(CNc2ccc(C)cc2)cc1OC. The number of benzene rings is 2. The van der Waals surface area contributed by atoms with Gasteiger partial charge in [-0.25, -0.2) is 0 Å². The van der Waals surface area contributed by atoms with Crippen LogP contribution in [-0.2, 0) is 6.54 Å². The number of ether oxygens (including phenoxy) is 2. The van der Waals surface area contributed by atoms with Crippen molar-refractivity contribution < 1.29 is 9.47 Å². The van der Waals surface area contributed by atoms with Gasteiger partial charge in [0, 0.05) is 12.2 Å². The third kappa shape index (κ3) is 4.27. The lowest BCUT2D eigenvalue weighted by Crippen LogP contribution is -2.03. The Hall–Kier alpha value is -1.43. The lowest BCUT2D eigenvalue weighted by atomic mass is 10.2. The van der Waals surface area contributed by atoms with E-state index in [1.54, 1.807) is 7.11 Å². The summed E-state index contributed by atoms with van der Waals surface area (Å²) >= 11 is 2.28. The van der Waals surface area contributed by atoms with Gasteiger partial charge in [0.05, 0.1) is 17.3 Å². The summed E-state index contributed by atoms with van der Waals surface area (Å²) in [5.41, 5.74) is 3.54. The number of nitrogens with one attached hydrogen (secondary N) is 1. The average molecular weight is 397 g/mol. The zero-order valence-corrected chi connectivity index (χ0v) is 14.7. The van der Waals surface area contributed by atoms with Gasteiger partial charge >= 0.3 is 0 Å². The number of anilines is 1. The van der Waals surface area contributed by atoms with Gasteiger partial charge in [-0.2, -0.15) is 0 Å². The van der Waals surface area contributed by atoms with E-state index in [9.17, 15) is 0 Å². The van der Waals surface area contributed by atoms with Crippen molar-refractivity contribution in [2.45, 2.75) is 20.4 Å². The molecule has 0 saturated heterocycles. The number of hydrogen-bond donors (Lipinski definition) is 1. The molecule has 0 spiro atoms. The maximum absolute atomic E-state index is 5.64. The van der Waals surface area contributed by atoms with Crippen LogP contribution < -0.4 is 14.8 Å². The van der Waals surface area contributed by atoms with Crippen LogP contribution in [0.3, 0.4) is 0 Å². The number of hydrogen-bond acceptors (Lipinski definition) is 3. The fourth-order valence-electron chi connectivity index (χ4n) is 2.04. The molecule has 1 N–H and O–H groups in total. The lowest BCUT2D eigenvalue weighted by molar-refractivity contribution is 0.308. The van der Waals surface area contributed by atoms with Crippen LogP contribution in [0, 0.1) is 10.5 Å². The van der Waals surface area contributed by atoms with Crippen LogP contribution in [0.1, 0.15) is 18.1 Å². The number of halogens is 1. The second-order valence-electron chi connectivity index (χ2n) is 4.76. The molecule has 0 bridgehead atoms. The Labute approximate surface area is 139 Å². The molecule has 2 aromatic carbocycles. The molecule has 0 aliphatic rings. The summed E-state index contributed by atoms with van der Waals surface area (Å²) < 4.78 is 12.1. The molecule has 0 saturated carbocycles. The van der Waals surface area contributed by atoms with E-state index in [1.807, 2.05) is 13.0 Å². The number of methoxy groups -OCH3 is 1. The Morgan fingerprint density at radius 2 is 1.86 bits per heavy atom. The normalized spacial score (nSPS) is 10.3. The van der Waals surface area contributed by atoms with Crippen molar-refractivity contribution in [3.63, 3.8) is 0 Å². The van der Waals surface area contributed by atoms with Crippen molar-refractivity contribution in [2.75, 3.05) is 19.0 Å². The van der Waals surface area contributed by atoms with Crippen molar-refractivity contribution in [3.05, 3.63) is 51.1 Å². The van der Waals surface area contributed by atoms with Crippen LogP contribution in [0.2, 0.25) is 0 Å². The summed E-state index contributed by atoms with van der Waals surface area (Å²) in [5.74, 6) is 1.60. The molecule has 2 rings (SSSR count). The van der Waals surface area contributed by atoms with Gasteiger partial charge in [-0.15, -0.1) is 0 Å². The van der Waals surface area contributed by atoms with Crippen molar-refractivity contribution in [1.29, 1.82) is 0 Å². The van der Waals surface area contributed by atoms with Gasteiger partial charge in [0.25, 0.3) is 0 Å². The zero-order valence-electron chi connectivity index (χ0n) is 12.6. The van der Waals surface area contributed by atoms with Gasteiger partial charge in [0.15, 0.2) is 11.5 Å². The fraction of sp³-hybridized carbons (Fsp3) is 0.294. The van der Waals surface area contributed by atoms with E-state index in [4.69, 9.17) is 9.47 Å². The van der Waals surface area contributed by atoms with Gasteiger partial charge in [-0.1, -0.05) is 17.7 Å². The second-order valence-corrected chi connectivity index (χ2v) is 5.92. The minimum absolute atomic E-state index is 0.632. The van der Waals surface area contributed by atoms with Crippen LogP contribution in [0.25, 0.3) is 0 Å². The van der Waals surface area contributed by atoms with E-state index in [0.717, 1.165) is 27.3 Å². The zero-order chi connectivity index (χ0) is 15.2. The maximum atomic E-state index is 5.64. The molecule has 4 heteroatoms. The standard InChI is InChI=1S/C17H20INO2/c1-4-21-17-15(18)9-13(10-16(17)20-3)11-19-14-7-5-12(2)6-8-14/h5-10,19H,4,11H2,1-3H3. The number of rotatable bonds is 6. The molecule has 112 valence electrons. The maximum Gasteiger partial charge on any atom is 0.174 e. The summed E-state index contributed by atoms with van der Waals surface area (Å²) in [6, 6.07) is 12.5. The molecule has 2 aromatic rings. The highest BCUT2D eigenvalue weighted by Gasteiger charge is 2.11. The van der Waals surface area contributed by atoms with E-state index >= 15 is 0 Å². The highest BCUT2D eigenvalue weighted by molar-refractivity contribution is 14.1.